The molecule has 0 amide bonds. The van der Waals surface area contributed by atoms with Crippen LogP contribution < -0.4 is 0 Å². The van der Waals surface area contributed by atoms with Crippen LogP contribution in [0, 0.1) is 0 Å². The highest BCUT2D eigenvalue weighted by molar-refractivity contribution is 6.03. The first-order valence-corrected chi connectivity index (χ1v) is 9.15. The zero-order valence-corrected chi connectivity index (χ0v) is 16.6. The molecule has 1 aromatic carbocycles. The van der Waals surface area contributed by atoms with Crippen LogP contribution in [0.3, 0.4) is 0 Å². The van der Waals surface area contributed by atoms with Gasteiger partial charge in [0.05, 0.1) is 17.7 Å². The van der Waals surface area contributed by atoms with Gasteiger partial charge >= 0.3 is 23.9 Å². The highest BCUT2D eigenvalue weighted by Gasteiger charge is 2.48. The van der Waals surface area contributed by atoms with Crippen LogP contribution in [-0.2, 0) is 33.3 Å². The van der Waals surface area contributed by atoms with Gasteiger partial charge in [-0.2, -0.15) is 0 Å². The fourth-order valence-corrected chi connectivity index (χ4v) is 3.55. The Labute approximate surface area is 171 Å². The van der Waals surface area contributed by atoms with Gasteiger partial charge in [0.15, 0.2) is 24.5 Å². The molecule has 0 radical (unpaired) electrons. The molecule has 0 spiro atoms. The first-order valence-electron chi connectivity index (χ1n) is 9.15. The van der Waals surface area contributed by atoms with Crippen molar-refractivity contribution in [1.82, 2.24) is 4.57 Å². The second kappa shape index (κ2) is 8.54. The van der Waals surface area contributed by atoms with E-state index in [1.807, 2.05) is 0 Å². The van der Waals surface area contributed by atoms with Gasteiger partial charge in [0, 0.05) is 32.4 Å². The van der Waals surface area contributed by atoms with Crippen LogP contribution in [0.15, 0.2) is 30.5 Å². The molecule has 4 atom stereocenters. The Morgan fingerprint density at radius 1 is 0.967 bits per heavy atom. The number of hydrogen-bond donors (Lipinski definition) is 1. The molecule has 30 heavy (non-hydrogen) atoms. The van der Waals surface area contributed by atoms with Crippen LogP contribution in [0.1, 0.15) is 37.4 Å². The van der Waals surface area contributed by atoms with E-state index in [1.54, 1.807) is 24.3 Å². The lowest BCUT2D eigenvalue weighted by molar-refractivity contribution is -0.239. The van der Waals surface area contributed by atoms with E-state index >= 15 is 0 Å². The zero-order valence-electron chi connectivity index (χ0n) is 16.6. The van der Waals surface area contributed by atoms with Gasteiger partial charge in [-0.3, -0.25) is 14.4 Å². The number of fused-ring (bicyclic) bond motifs is 1. The summed E-state index contributed by atoms with van der Waals surface area (Å²) in [7, 11) is 0. The average molecular weight is 419 g/mol. The lowest BCUT2D eigenvalue weighted by atomic mass is 10.0. The minimum Gasteiger partial charge on any atom is -0.478 e. The standard InChI is InChI=1S/C20H21NO9/c1-10(22)28-16-9-27-19(18(30-12(3)24)17(16)29-11(2)23)21-8-14(20(25)26)13-6-4-5-7-15(13)21/h4-8,16-19H,9H2,1-3H3,(H,25,26). The van der Waals surface area contributed by atoms with Crippen LogP contribution in [0.4, 0.5) is 0 Å². The second-order valence-electron chi connectivity index (χ2n) is 6.79. The molecule has 0 aliphatic carbocycles. The maximum atomic E-state index is 11.8. The summed E-state index contributed by atoms with van der Waals surface area (Å²) < 4.78 is 23.3. The van der Waals surface area contributed by atoms with E-state index in [0.717, 1.165) is 0 Å². The Bertz CT molecular complexity index is 995. The highest BCUT2D eigenvalue weighted by Crippen LogP contribution is 2.34. The van der Waals surface area contributed by atoms with Crippen molar-refractivity contribution in [3.05, 3.63) is 36.0 Å². The average Bonchev–Trinajstić information content (AvgIpc) is 3.03. The summed E-state index contributed by atoms with van der Waals surface area (Å²) in [5.41, 5.74) is 0.548. The number of benzene rings is 1. The molecule has 0 bridgehead atoms. The van der Waals surface area contributed by atoms with Crippen molar-refractivity contribution in [2.45, 2.75) is 45.3 Å². The number of carboxylic acid groups (broad SMARTS) is 1. The maximum Gasteiger partial charge on any atom is 0.337 e. The largest absolute Gasteiger partial charge is 0.478 e. The van der Waals surface area contributed by atoms with Crippen molar-refractivity contribution in [3.8, 4) is 0 Å². The molecule has 1 N–H and O–H groups in total. The number of nitrogens with zero attached hydrogens (tertiary/aromatic N) is 1. The SMILES string of the molecule is CC(=O)OC1COC(n2cc(C(=O)O)c3ccccc32)C(OC(C)=O)C1OC(C)=O. The van der Waals surface area contributed by atoms with Gasteiger partial charge in [0.1, 0.15) is 0 Å². The molecule has 2 aromatic rings. The molecule has 1 aliphatic rings. The number of aromatic carboxylic acids is 1. The molecular formula is C20H21NO9. The number of para-hydroxylation sites is 1. The van der Waals surface area contributed by atoms with Crippen molar-refractivity contribution in [1.29, 1.82) is 0 Å². The predicted octanol–water partition coefficient (Wildman–Crippen LogP) is 1.66. The summed E-state index contributed by atoms with van der Waals surface area (Å²) in [4.78, 5) is 46.7. The Hall–Kier alpha value is -3.40. The van der Waals surface area contributed by atoms with Gasteiger partial charge in [-0.15, -0.1) is 0 Å². The lowest BCUT2D eigenvalue weighted by Gasteiger charge is -2.41. The molecule has 1 aliphatic heterocycles. The van der Waals surface area contributed by atoms with Crippen LogP contribution >= 0.6 is 0 Å². The molecule has 0 saturated carbocycles. The van der Waals surface area contributed by atoms with Crippen LogP contribution in [0.25, 0.3) is 10.9 Å². The monoisotopic (exact) mass is 419 g/mol. The Kier molecular flexibility index (Phi) is 6.06. The Morgan fingerprint density at radius 2 is 1.57 bits per heavy atom. The molecule has 10 heteroatoms. The van der Waals surface area contributed by atoms with Crippen molar-refractivity contribution in [2.75, 3.05) is 6.61 Å². The van der Waals surface area contributed by atoms with E-state index in [4.69, 9.17) is 18.9 Å². The minimum atomic E-state index is -1.19. The van der Waals surface area contributed by atoms with E-state index in [0.29, 0.717) is 10.9 Å². The number of esters is 3. The number of carbonyl (C=O) groups is 4. The van der Waals surface area contributed by atoms with E-state index in [1.165, 1.54) is 31.5 Å². The van der Waals surface area contributed by atoms with Crippen molar-refractivity contribution in [2.24, 2.45) is 0 Å². The molecule has 160 valence electrons. The van der Waals surface area contributed by atoms with E-state index in [2.05, 4.69) is 0 Å². The number of aromatic nitrogens is 1. The van der Waals surface area contributed by atoms with Gasteiger partial charge in [-0.05, 0) is 6.07 Å². The first-order chi connectivity index (χ1) is 14.2. The normalized spacial score (nSPS) is 23.6. The summed E-state index contributed by atoms with van der Waals surface area (Å²) in [6.45, 7) is 3.38. The van der Waals surface area contributed by atoms with E-state index < -0.39 is 48.4 Å². The number of rotatable bonds is 5. The smallest absolute Gasteiger partial charge is 0.337 e. The molecule has 1 aromatic heterocycles. The molecule has 1 saturated heterocycles. The van der Waals surface area contributed by atoms with Crippen molar-refractivity contribution >= 4 is 34.8 Å². The van der Waals surface area contributed by atoms with Crippen LogP contribution in [0.5, 0.6) is 0 Å². The van der Waals surface area contributed by atoms with Crippen molar-refractivity contribution in [3.63, 3.8) is 0 Å². The molecular weight excluding hydrogens is 398 g/mol. The number of carbonyl (C=O) groups excluding carboxylic acids is 3. The Morgan fingerprint density at radius 3 is 2.17 bits per heavy atom. The van der Waals surface area contributed by atoms with Crippen LogP contribution in [-0.4, -0.2) is 58.5 Å². The maximum absolute atomic E-state index is 11.8. The fraction of sp³-hybridized carbons (Fsp3) is 0.400. The van der Waals surface area contributed by atoms with Crippen LogP contribution in [0.2, 0.25) is 0 Å². The summed E-state index contributed by atoms with van der Waals surface area (Å²) in [5.74, 6) is -3.11. The molecule has 3 rings (SSSR count). The zero-order chi connectivity index (χ0) is 22.0. The van der Waals surface area contributed by atoms with Crippen molar-refractivity contribution < 1.29 is 43.2 Å². The minimum absolute atomic E-state index is 0.0296. The van der Waals surface area contributed by atoms with Gasteiger partial charge in [0.25, 0.3) is 0 Å². The third kappa shape index (κ3) is 4.28. The summed E-state index contributed by atoms with van der Waals surface area (Å²) in [5, 5.41) is 10.0. The summed E-state index contributed by atoms with van der Waals surface area (Å²) in [6, 6.07) is 6.75. The van der Waals surface area contributed by atoms with E-state index in [9.17, 15) is 24.3 Å². The summed E-state index contributed by atoms with van der Waals surface area (Å²) in [6.07, 6.45) is -3.01. The quantitative estimate of drug-likeness (QED) is 0.568. The van der Waals surface area contributed by atoms with Gasteiger partial charge in [-0.1, -0.05) is 18.2 Å². The van der Waals surface area contributed by atoms with E-state index in [-0.39, 0.29) is 12.2 Å². The number of hydrogen-bond acceptors (Lipinski definition) is 8. The van der Waals surface area contributed by atoms with Gasteiger partial charge < -0.3 is 28.6 Å². The molecule has 4 unspecified atom stereocenters. The Balaban J connectivity index is 2.10. The third-order valence-corrected chi connectivity index (χ3v) is 4.57. The summed E-state index contributed by atoms with van der Waals surface area (Å²) >= 11 is 0. The fourth-order valence-electron chi connectivity index (χ4n) is 3.55. The molecule has 10 nitrogen and oxygen atoms in total. The van der Waals surface area contributed by atoms with Gasteiger partial charge in [0.2, 0.25) is 0 Å². The third-order valence-electron chi connectivity index (χ3n) is 4.57. The number of carboxylic acids is 1. The molecule has 2 heterocycles. The lowest BCUT2D eigenvalue weighted by Crippen LogP contribution is -2.55. The predicted molar refractivity (Wildman–Crippen MR) is 101 cm³/mol. The number of ether oxygens (including phenoxy) is 4. The highest BCUT2D eigenvalue weighted by atomic mass is 16.6. The second-order valence-corrected chi connectivity index (χ2v) is 6.79. The van der Waals surface area contributed by atoms with Gasteiger partial charge in [-0.25, -0.2) is 4.79 Å². The first kappa shape index (κ1) is 21.3. The molecule has 1 fully saturated rings. The topological polar surface area (TPSA) is 130 Å².